The Morgan fingerprint density at radius 2 is 1.86 bits per heavy atom. The molecule has 0 radical (unpaired) electrons. The van der Waals surface area contributed by atoms with Crippen LogP contribution >= 0.6 is 0 Å². The quantitative estimate of drug-likeness (QED) is 0.681. The van der Waals surface area contributed by atoms with E-state index in [1.165, 1.54) is 30.4 Å². The Morgan fingerprint density at radius 3 is 2.59 bits per heavy atom. The minimum Gasteiger partial charge on any atom is -0.410 e. The predicted octanol–water partition coefficient (Wildman–Crippen LogP) is 5.51. The number of benzene rings is 1. The van der Waals surface area contributed by atoms with E-state index < -0.39 is 0 Å². The molecule has 158 valence electrons. The van der Waals surface area contributed by atoms with Crippen molar-refractivity contribution >= 4 is 6.09 Å². The lowest BCUT2D eigenvalue weighted by molar-refractivity contribution is -0.0901. The zero-order valence-corrected chi connectivity index (χ0v) is 18.0. The standard InChI is InChI=1S/C25H35NO3/c1-16-13-17(2)24-18(3)22(16)15-28-23(24)14-19-9-11-21(12-10-19)29-25(27)26-20-7-5-4-6-8-20/h9-13,16,18,20,22-24H,4-8,14-15H2,1-3H3,(H,26,27)/t16?,18-,22?,23?,24?/m1/s1. The lowest BCUT2D eigenvalue weighted by atomic mass is 9.65. The molecule has 4 nitrogen and oxygen atoms in total. The number of rotatable bonds is 4. The first-order valence-corrected chi connectivity index (χ1v) is 11.4. The molecule has 2 fully saturated rings. The van der Waals surface area contributed by atoms with E-state index >= 15 is 0 Å². The molecule has 1 N–H and O–H groups in total. The minimum atomic E-state index is -0.336. The van der Waals surface area contributed by atoms with Crippen LogP contribution in [0.5, 0.6) is 5.75 Å². The van der Waals surface area contributed by atoms with Crippen molar-refractivity contribution < 1.29 is 14.3 Å². The summed E-state index contributed by atoms with van der Waals surface area (Å²) in [4.78, 5) is 12.1. The van der Waals surface area contributed by atoms with Crippen LogP contribution in [0, 0.1) is 23.7 Å². The Morgan fingerprint density at radius 1 is 1.14 bits per heavy atom. The van der Waals surface area contributed by atoms with Crippen molar-refractivity contribution in [1.29, 1.82) is 0 Å². The molecule has 5 atom stereocenters. The van der Waals surface area contributed by atoms with Gasteiger partial charge in [-0.05, 0) is 61.6 Å². The van der Waals surface area contributed by atoms with E-state index in [-0.39, 0.29) is 18.2 Å². The summed E-state index contributed by atoms with van der Waals surface area (Å²) in [5.41, 5.74) is 2.71. The summed E-state index contributed by atoms with van der Waals surface area (Å²) in [6.45, 7) is 7.82. The Balaban J connectivity index is 1.33. The van der Waals surface area contributed by atoms with Crippen LogP contribution in [-0.2, 0) is 11.2 Å². The molecule has 2 bridgehead atoms. The molecule has 1 amide bonds. The summed E-state index contributed by atoms with van der Waals surface area (Å²) in [5, 5.41) is 3.00. The van der Waals surface area contributed by atoms with Crippen LogP contribution in [0.4, 0.5) is 4.79 Å². The molecule has 3 aliphatic rings. The third-order valence-electron chi connectivity index (χ3n) is 7.37. The Labute approximate surface area is 175 Å². The van der Waals surface area contributed by atoms with Gasteiger partial charge in [-0.2, -0.15) is 0 Å². The SMILES string of the molecule is CC1=CC(C)C2COC(Cc3ccc(OC(=O)NC4CCCCC4)cc3)C1[C@@H]2C. The molecule has 1 saturated carbocycles. The van der Waals surface area contributed by atoms with Gasteiger partial charge in [0, 0.05) is 12.0 Å². The maximum atomic E-state index is 12.1. The minimum absolute atomic E-state index is 0.228. The molecule has 0 spiro atoms. The average molecular weight is 398 g/mol. The van der Waals surface area contributed by atoms with Gasteiger partial charge < -0.3 is 14.8 Å². The highest BCUT2D eigenvalue weighted by atomic mass is 16.6. The summed E-state index contributed by atoms with van der Waals surface area (Å²) in [5.74, 6) is 3.02. The lowest BCUT2D eigenvalue weighted by Gasteiger charge is -2.47. The van der Waals surface area contributed by atoms with Crippen LogP contribution in [-0.4, -0.2) is 24.8 Å². The second-order valence-electron chi connectivity index (χ2n) is 9.41. The highest BCUT2D eigenvalue weighted by Crippen LogP contribution is 2.45. The Kier molecular flexibility index (Phi) is 6.29. The number of amides is 1. The highest BCUT2D eigenvalue weighted by molar-refractivity contribution is 5.70. The van der Waals surface area contributed by atoms with Crippen molar-refractivity contribution in [2.75, 3.05) is 6.61 Å². The maximum absolute atomic E-state index is 12.1. The molecule has 1 heterocycles. The molecule has 1 aromatic rings. The van der Waals surface area contributed by atoms with E-state index in [0.717, 1.165) is 25.9 Å². The smallest absolute Gasteiger partial charge is 0.410 e. The third-order valence-corrected chi connectivity index (χ3v) is 7.37. The van der Waals surface area contributed by atoms with Gasteiger partial charge in [0.2, 0.25) is 0 Å². The molecule has 29 heavy (non-hydrogen) atoms. The Hall–Kier alpha value is -1.81. The zero-order chi connectivity index (χ0) is 20.4. The van der Waals surface area contributed by atoms with Crippen molar-refractivity contribution in [2.45, 2.75) is 71.4 Å². The topological polar surface area (TPSA) is 47.6 Å². The number of carbonyl (C=O) groups is 1. The highest BCUT2D eigenvalue weighted by Gasteiger charge is 2.43. The molecule has 2 aliphatic carbocycles. The van der Waals surface area contributed by atoms with Crippen molar-refractivity contribution in [3.63, 3.8) is 0 Å². The maximum Gasteiger partial charge on any atom is 0.412 e. The van der Waals surface area contributed by atoms with Crippen LogP contribution in [0.3, 0.4) is 0 Å². The van der Waals surface area contributed by atoms with Crippen molar-refractivity contribution in [3.05, 3.63) is 41.5 Å². The largest absolute Gasteiger partial charge is 0.412 e. The summed E-state index contributed by atoms with van der Waals surface area (Å²) in [6.07, 6.45) is 9.01. The number of allylic oxidation sites excluding steroid dienone is 1. The summed E-state index contributed by atoms with van der Waals surface area (Å²) in [6, 6.07) is 8.19. The number of nitrogens with one attached hydrogen (secondary N) is 1. The van der Waals surface area contributed by atoms with Gasteiger partial charge in [0.15, 0.2) is 0 Å². The summed E-state index contributed by atoms with van der Waals surface area (Å²) in [7, 11) is 0. The van der Waals surface area contributed by atoms with Crippen LogP contribution in [0.25, 0.3) is 0 Å². The van der Waals surface area contributed by atoms with Crippen molar-refractivity contribution in [1.82, 2.24) is 5.32 Å². The predicted molar refractivity (Wildman–Crippen MR) is 115 cm³/mol. The van der Waals surface area contributed by atoms with E-state index in [1.807, 2.05) is 12.1 Å². The van der Waals surface area contributed by atoms with Gasteiger partial charge in [0.05, 0.1) is 12.7 Å². The van der Waals surface area contributed by atoms with Gasteiger partial charge in [0.25, 0.3) is 0 Å². The van der Waals surface area contributed by atoms with Gasteiger partial charge in [-0.25, -0.2) is 4.79 Å². The molecule has 1 saturated heterocycles. The summed E-state index contributed by atoms with van der Waals surface area (Å²) >= 11 is 0. The van der Waals surface area contributed by atoms with Crippen molar-refractivity contribution in [3.8, 4) is 5.75 Å². The monoisotopic (exact) mass is 397 g/mol. The fraction of sp³-hybridized carbons (Fsp3) is 0.640. The van der Waals surface area contributed by atoms with E-state index in [4.69, 9.17) is 9.47 Å². The molecule has 0 aromatic heterocycles. The van der Waals surface area contributed by atoms with Gasteiger partial charge in [-0.3, -0.25) is 0 Å². The summed E-state index contributed by atoms with van der Waals surface area (Å²) < 4.78 is 11.8. The number of hydrogen-bond acceptors (Lipinski definition) is 3. The fourth-order valence-corrected chi connectivity index (χ4v) is 5.74. The number of ether oxygens (including phenoxy) is 2. The van der Waals surface area contributed by atoms with Gasteiger partial charge in [0.1, 0.15) is 5.75 Å². The van der Waals surface area contributed by atoms with E-state index in [1.54, 1.807) is 0 Å². The van der Waals surface area contributed by atoms with Gasteiger partial charge in [-0.15, -0.1) is 0 Å². The first kappa shape index (κ1) is 20.5. The molecule has 4 rings (SSSR count). The average Bonchev–Trinajstić information content (AvgIpc) is 2.69. The molecule has 4 unspecified atom stereocenters. The molecule has 4 heteroatoms. The number of fused-ring (bicyclic) bond motifs is 2. The normalized spacial score (nSPS) is 32.4. The van der Waals surface area contributed by atoms with E-state index in [9.17, 15) is 4.79 Å². The van der Waals surface area contributed by atoms with E-state index in [0.29, 0.717) is 29.4 Å². The second kappa shape index (κ2) is 8.91. The van der Waals surface area contributed by atoms with Crippen LogP contribution in [0.15, 0.2) is 35.9 Å². The third kappa shape index (κ3) is 4.69. The number of hydrogen-bond donors (Lipinski definition) is 1. The molecular formula is C25H35NO3. The molecular weight excluding hydrogens is 362 g/mol. The fourth-order valence-electron chi connectivity index (χ4n) is 5.74. The van der Waals surface area contributed by atoms with Crippen LogP contribution < -0.4 is 10.1 Å². The second-order valence-corrected chi connectivity index (χ2v) is 9.41. The van der Waals surface area contributed by atoms with Gasteiger partial charge in [-0.1, -0.05) is 56.9 Å². The van der Waals surface area contributed by atoms with Crippen LogP contribution in [0.1, 0.15) is 58.4 Å². The molecule has 1 aromatic carbocycles. The first-order valence-electron chi connectivity index (χ1n) is 11.4. The zero-order valence-electron chi connectivity index (χ0n) is 18.0. The van der Waals surface area contributed by atoms with E-state index in [2.05, 4.69) is 44.3 Å². The van der Waals surface area contributed by atoms with Crippen molar-refractivity contribution in [2.24, 2.45) is 23.7 Å². The first-order chi connectivity index (χ1) is 14.0. The van der Waals surface area contributed by atoms with Gasteiger partial charge >= 0.3 is 6.09 Å². The Bertz CT molecular complexity index is 735. The molecule has 1 aliphatic heterocycles. The number of carbonyl (C=O) groups excluding carboxylic acids is 1. The lowest BCUT2D eigenvalue weighted by Crippen LogP contribution is -2.47. The van der Waals surface area contributed by atoms with Crippen LogP contribution in [0.2, 0.25) is 0 Å².